The van der Waals surface area contributed by atoms with Gasteiger partial charge in [0.25, 0.3) is 0 Å². The van der Waals surface area contributed by atoms with Crippen LogP contribution in [0.4, 0.5) is 0 Å². The number of nitrogens with one attached hydrogen (secondary N) is 1. The highest BCUT2D eigenvalue weighted by Crippen LogP contribution is 2.26. The molecule has 0 fully saturated rings. The molecule has 23 heavy (non-hydrogen) atoms. The maximum absolute atomic E-state index is 5.51. The molecule has 4 rings (SSSR count). The van der Waals surface area contributed by atoms with Crippen molar-refractivity contribution in [1.29, 1.82) is 0 Å². The summed E-state index contributed by atoms with van der Waals surface area (Å²) >= 11 is 4.89. The number of rotatable bonds is 6. The van der Waals surface area contributed by atoms with Gasteiger partial charge in [0.05, 0.1) is 10.6 Å². The summed E-state index contributed by atoms with van der Waals surface area (Å²) < 4.78 is 5.51. The number of oxazole rings is 1. The molecule has 0 aliphatic heterocycles. The maximum Gasteiger partial charge on any atom is 0.236 e. The van der Waals surface area contributed by atoms with E-state index < -0.39 is 0 Å². The molecule has 0 amide bonds. The highest BCUT2D eigenvalue weighted by Gasteiger charge is 2.10. The van der Waals surface area contributed by atoms with Crippen molar-refractivity contribution in [3.8, 4) is 10.8 Å². The lowest BCUT2D eigenvalue weighted by atomic mass is 10.3. The third-order valence-electron chi connectivity index (χ3n) is 3.07. The van der Waals surface area contributed by atoms with E-state index in [1.165, 1.54) is 4.88 Å². The van der Waals surface area contributed by atoms with Gasteiger partial charge in [-0.1, -0.05) is 23.9 Å². The first kappa shape index (κ1) is 14.7. The number of hydrogen-bond donors (Lipinski definition) is 1. The highest BCUT2D eigenvalue weighted by atomic mass is 32.2. The van der Waals surface area contributed by atoms with Gasteiger partial charge in [0, 0.05) is 17.1 Å². The van der Waals surface area contributed by atoms with Crippen LogP contribution >= 0.6 is 34.4 Å². The van der Waals surface area contributed by atoms with Crippen LogP contribution in [0, 0.1) is 0 Å². The van der Waals surface area contributed by atoms with E-state index >= 15 is 0 Å². The minimum Gasteiger partial charge on any atom is -0.444 e. The fourth-order valence-corrected chi connectivity index (χ4v) is 4.08. The molecule has 4 aromatic rings. The van der Waals surface area contributed by atoms with Crippen molar-refractivity contribution in [3.05, 3.63) is 57.7 Å². The Labute approximate surface area is 144 Å². The Hall–Kier alpha value is -1.90. The van der Waals surface area contributed by atoms with Gasteiger partial charge in [0.15, 0.2) is 0 Å². The number of nitrogens with zero attached hydrogens (tertiary/aromatic N) is 3. The molecule has 5 nitrogen and oxygen atoms in total. The van der Waals surface area contributed by atoms with Gasteiger partial charge >= 0.3 is 0 Å². The fraction of sp³-hybridized carbons (Fsp3) is 0.133. The lowest BCUT2D eigenvalue weighted by Gasteiger charge is -1.91. The zero-order chi connectivity index (χ0) is 15.5. The zero-order valence-corrected chi connectivity index (χ0v) is 14.4. The van der Waals surface area contributed by atoms with Gasteiger partial charge in [-0.15, -0.1) is 27.8 Å². The summed E-state index contributed by atoms with van der Waals surface area (Å²) in [6.45, 7) is 0. The zero-order valence-electron chi connectivity index (χ0n) is 11.9. The lowest BCUT2D eigenvalue weighted by molar-refractivity contribution is 0.575. The summed E-state index contributed by atoms with van der Waals surface area (Å²) in [6, 6.07) is 8.13. The molecule has 0 saturated heterocycles. The molecule has 0 atom stereocenters. The van der Waals surface area contributed by atoms with E-state index in [2.05, 4.69) is 31.6 Å². The molecular weight excluding hydrogens is 348 g/mol. The predicted molar refractivity (Wildman–Crippen MR) is 92.9 cm³/mol. The van der Waals surface area contributed by atoms with Crippen LogP contribution < -0.4 is 0 Å². The highest BCUT2D eigenvalue weighted by molar-refractivity contribution is 7.98. The minimum atomic E-state index is 0.670. The number of hydrogen-bond acceptors (Lipinski definition) is 7. The van der Waals surface area contributed by atoms with E-state index in [-0.39, 0.29) is 0 Å². The van der Waals surface area contributed by atoms with E-state index in [0.717, 1.165) is 28.0 Å². The first-order chi connectivity index (χ1) is 11.4. The molecule has 4 heterocycles. The van der Waals surface area contributed by atoms with E-state index in [4.69, 9.17) is 4.42 Å². The second-order valence-corrected chi connectivity index (χ2v) is 7.65. The number of aromatic amines is 1. The molecule has 1 N–H and O–H groups in total. The van der Waals surface area contributed by atoms with Crippen molar-refractivity contribution in [3.63, 3.8) is 0 Å². The van der Waals surface area contributed by atoms with Gasteiger partial charge in [-0.05, 0) is 22.9 Å². The van der Waals surface area contributed by atoms with Gasteiger partial charge < -0.3 is 4.42 Å². The Morgan fingerprint density at radius 3 is 2.87 bits per heavy atom. The van der Waals surface area contributed by atoms with Crippen LogP contribution in [-0.4, -0.2) is 20.2 Å². The molecule has 4 aromatic heterocycles. The minimum absolute atomic E-state index is 0.670. The maximum atomic E-state index is 5.51. The van der Waals surface area contributed by atoms with Crippen molar-refractivity contribution in [1.82, 2.24) is 20.2 Å². The molecule has 8 heteroatoms. The third kappa shape index (κ3) is 3.54. The fourth-order valence-electron chi connectivity index (χ4n) is 2.02. The molecule has 0 unspecified atom stereocenters. The second kappa shape index (κ2) is 6.69. The molecule has 0 saturated carbocycles. The normalized spacial score (nSPS) is 11.1. The number of thioether (sulfide) groups is 1. The molecule has 0 aliphatic carbocycles. The molecule has 0 aromatic carbocycles. The molecule has 0 aliphatic rings. The van der Waals surface area contributed by atoms with Crippen molar-refractivity contribution in [2.75, 3.05) is 0 Å². The second-order valence-electron chi connectivity index (χ2n) is 4.73. The SMILES string of the molecule is c1csc(Cc2nc(SCc3coc(-c4cccs4)n3)n[nH]2)c1. The lowest BCUT2D eigenvalue weighted by Crippen LogP contribution is -1.87. The largest absolute Gasteiger partial charge is 0.444 e. The van der Waals surface area contributed by atoms with Gasteiger partial charge in [-0.2, -0.15) is 0 Å². The summed E-state index contributed by atoms with van der Waals surface area (Å²) in [5, 5.41) is 12.0. The Morgan fingerprint density at radius 2 is 2.04 bits per heavy atom. The average Bonchev–Trinajstić information content (AvgIpc) is 3.33. The number of aromatic nitrogens is 4. The first-order valence-electron chi connectivity index (χ1n) is 6.91. The van der Waals surface area contributed by atoms with Crippen LogP contribution in [0.15, 0.2) is 50.9 Å². The van der Waals surface area contributed by atoms with Crippen LogP contribution in [0.2, 0.25) is 0 Å². The topological polar surface area (TPSA) is 67.6 Å². The summed E-state index contributed by atoms with van der Waals surface area (Å²) in [5.74, 6) is 2.24. The quantitative estimate of drug-likeness (QED) is 0.514. The van der Waals surface area contributed by atoms with E-state index in [1.54, 1.807) is 40.7 Å². The van der Waals surface area contributed by atoms with Gasteiger partial charge in [0.2, 0.25) is 11.0 Å². The van der Waals surface area contributed by atoms with Crippen LogP contribution in [0.3, 0.4) is 0 Å². The molecular formula is C15H12N4OS3. The monoisotopic (exact) mass is 360 g/mol. The summed E-state index contributed by atoms with van der Waals surface area (Å²) in [4.78, 5) is 11.3. The van der Waals surface area contributed by atoms with Crippen molar-refractivity contribution >= 4 is 34.4 Å². The molecule has 0 spiro atoms. The Morgan fingerprint density at radius 1 is 1.13 bits per heavy atom. The summed E-state index contributed by atoms with van der Waals surface area (Å²) in [6.07, 6.45) is 2.49. The average molecular weight is 360 g/mol. The van der Waals surface area contributed by atoms with Crippen LogP contribution in [-0.2, 0) is 12.2 Å². The van der Waals surface area contributed by atoms with Crippen LogP contribution in [0.5, 0.6) is 0 Å². The smallest absolute Gasteiger partial charge is 0.236 e. The van der Waals surface area contributed by atoms with E-state index in [9.17, 15) is 0 Å². The van der Waals surface area contributed by atoms with Gasteiger partial charge in [0.1, 0.15) is 12.1 Å². The van der Waals surface area contributed by atoms with E-state index in [0.29, 0.717) is 11.6 Å². The summed E-state index contributed by atoms with van der Waals surface area (Å²) in [5.41, 5.74) is 0.892. The number of H-pyrrole nitrogens is 1. The van der Waals surface area contributed by atoms with E-state index in [1.807, 2.05) is 23.6 Å². The van der Waals surface area contributed by atoms with Crippen LogP contribution in [0.1, 0.15) is 16.4 Å². The van der Waals surface area contributed by atoms with Gasteiger partial charge in [-0.3, -0.25) is 5.10 Å². The standard InChI is InChI=1S/C15H12N4OS3/c1-3-11(21-5-1)7-13-17-15(19-18-13)23-9-10-8-20-14(16-10)12-4-2-6-22-12/h1-6,8H,7,9H2,(H,17,18,19). The predicted octanol–water partition coefficient (Wildman–Crippen LogP) is 4.47. The Kier molecular flexibility index (Phi) is 4.27. The van der Waals surface area contributed by atoms with Crippen LogP contribution in [0.25, 0.3) is 10.8 Å². The summed E-state index contributed by atoms with van der Waals surface area (Å²) in [7, 11) is 0. The Balaban J connectivity index is 1.37. The molecule has 0 bridgehead atoms. The third-order valence-corrected chi connectivity index (χ3v) is 5.68. The number of thiophene rings is 2. The van der Waals surface area contributed by atoms with Crippen molar-refractivity contribution < 1.29 is 4.42 Å². The molecule has 116 valence electrons. The van der Waals surface area contributed by atoms with Crippen molar-refractivity contribution in [2.24, 2.45) is 0 Å². The Bertz CT molecular complexity index is 864. The van der Waals surface area contributed by atoms with Gasteiger partial charge in [-0.25, -0.2) is 9.97 Å². The molecule has 0 radical (unpaired) electrons. The van der Waals surface area contributed by atoms with Crippen molar-refractivity contribution in [2.45, 2.75) is 17.3 Å². The first-order valence-corrected chi connectivity index (χ1v) is 9.66.